The standard InChI is InChI=1S/C26H33N5OS/c1-29-23-13-7-5-11-21(23)28-26(29)33-19-25(32)27-22-12-6-8-14-24(22)31-17-15-30(16-18-31)20-9-3-2-4-10-20/h5-8,11-14,20H,2-4,9-10,15-19H2,1H3,(H,27,32)/p+1. The molecule has 1 aromatic heterocycles. The molecule has 2 aromatic carbocycles. The first-order valence-corrected chi connectivity index (χ1v) is 13.1. The van der Waals surface area contributed by atoms with Crippen molar-refractivity contribution in [3.63, 3.8) is 0 Å². The third-order valence-corrected chi connectivity index (χ3v) is 8.13. The van der Waals surface area contributed by atoms with Crippen LogP contribution in [0, 0.1) is 0 Å². The summed E-state index contributed by atoms with van der Waals surface area (Å²) in [6, 6.07) is 17.2. The van der Waals surface area contributed by atoms with Crippen molar-refractivity contribution >= 4 is 40.1 Å². The molecule has 3 aromatic rings. The van der Waals surface area contributed by atoms with Gasteiger partial charge in [0.2, 0.25) is 5.91 Å². The van der Waals surface area contributed by atoms with Gasteiger partial charge in [-0.25, -0.2) is 9.55 Å². The first-order valence-electron chi connectivity index (χ1n) is 12.2. The van der Waals surface area contributed by atoms with E-state index >= 15 is 0 Å². The topological polar surface area (TPSA) is 55.2 Å². The molecule has 0 radical (unpaired) electrons. The minimum Gasteiger partial charge on any atom is -0.367 e. The number of aryl methyl sites for hydroxylation is 1. The van der Waals surface area contributed by atoms with Gasteiger partial charge in [0, 0.05) is 32.2 Å². The number of carbonyl (C=O) groups excluding carboxylic acids is 1. The number of thioether (sulfide) groups is 1. The maximum Gasteiger partial charge on any atom is 0.317 e. The van der Waals surface area contributed by atoms with E-state index in [0.717, 1.165) is 59.8 Å². The second-order valence-corrected chi connectivity index (χ2v) is 10.1. The van der Waals surface area contributed by atoms with Crippen LogP contribution in [0.5, 0.6) is 0 Å². The van der Waals surface area contributed by atoms with Crippen LogP contribution in [0.25, 0.3) is 11.0 Å². The zero-order chi connectivity index (χ0) is 22.6. The molecule has 6 nitrogen and oxygen atoms in total. The van der Waals surface area contributed by atoms with Crippen molar-refractivity contribution < 1.29 is 9.36 Å². The Morgan fingerprint density at radius 3 is 2.55 bits per heavy atom. The summed E-state index contributed by atoms with van der Waals surface area (Å²) in [6.45, 7) is 4.26. The average molecular weight is 465 g/mol. The van der Waals surface area contributed by atoms with E-state index in [2.05, 4.69) is 48.9 Å². The van der Waals surface area contributed by atoms with Crippen molar-refractivity contribution in [2.45, 2.75) is 43.3 Å². The van der Waals surface area contributed by atoms with E-state index in [1.807, 2.05) is 31.3 Å². The number of hydrogen-bond donors (Lipinski definition) is 2. The summed E-state index contributed by atoms with van der Waals surface area (Å²) in [5.74, 6) is 0.386. The first-order chi connectivity index (χ1) is 16.2. The van der Waals surface area contributed by atoms with Crippen LogP contribution < -0.4 is 14.8 Å². The molecule has 1 aliphatic carbocycles. The predicted octanol–water partition coefficient (Wildman–Crippen LogP) is 4.18. The molecule has 2 fully saturated rings. The van der Waals surface area contributed by atoms with Crippen molar-refractivity contribution in [1.82, 2.24) is 9.88 Å². The molecule has 2 aliphatic rings. The van der Waals surface area contributed by atoms with Gasteiger partial charge in [0.25, 0.3) is 0 Å². The van der Waals surface area contributed by atoms with E-state index in [4.69, 9.17) is 0 Å². The Kier molecular flexibility index (Phi) is 6.88. The third-order valence-electron chi connectivity index (χ3n) is 7.08. The number of H-pyrrole nitrogens is 1. The molecule has 0 bridgehead atoms. The first kappa shape index (κ1) is 22.3. The second kappa shape index (κ2) is 10.2. The molecule has 2 heterocycles. The fourth-order valence-electron chi connectivity index (χ4n) is 5.26. The Morgan fingerprint density at radius 2 is 1.76 bits per heavy atom. The molecule has 5 rings (SSSR count). The number of piperazine rings is 1. The highest BCUT2D eigenvalue weighted by molar-refractivity contribution is 7.99. The Bertz CT molecular complexity index is 1100. The van der Waals surface area contributed by atoms with Crippen LogP contribution in [0.3, 0.4) is 0 Å². The van der Waals surface area contributed by atoms with Gasteiger partial charge in [0.1, 0.15) is 0 Å². The summed E-state index contributed by atoms with van der Waals surface area (Å²) in [7, 11) is 2.03. The van der Waals surface area contributed by atoms with Crippen LogP contribution in [-0.2, 0) is 11.8 Å². The number of aromatic nitrogens is 2. The van der Waals surface area contributed by atoms with Gasteiger partial charge in [-0.3, -0.25) is 9.69 Å². The molecule has 7 heteroatoms. The molecule has 33 heavy (non-hydrogen) atoms. The maximum absolute atomic E-state index is 12.8. The number of nitrogens with zero attached hydrogens (tertiary/aromatic N) is 3. The Morgan fingerprint density at radius 1 is 1.03 bits per heavy atom. The van der Waals surface area contributed by atoms with E-state index in [1.54, 1.807) is 0 Å². The Hall–Kier alpha value is -2.51. The minimum absolute atomic E-state index is 0.0203. The number of rotatable bonds is 6. The molecule has 1 saturated heterocycles. The summed E-state index contributed by atoms with van der Waals surface area (Å²) in [5, 5.41) is 4.15. The third kappa shape index (κ3) is 5.04. The number of hydrogen-bond acceptors (Lipinski definition) is 4. The molecule has 1 amide bonds. The summed E-state index contributed by atoms with van der Waals surface area (Å²) < 4.78 is 2.10. The lowest BCUT2D eigenvalue weighted by Crippen LogP contribution is -2.51. The monoisotopic (exact) mass is 464 g/mol. The van der Waals surface area contributed by atoms with Crippen molar-refractivity contribution in [1.29, 1.82) is 0 Å². The number of para-hydroxylation sites is 4. The molecular weight excluding hydrogens is 430 g/mol. The van der Waals surface area contributed by atoms with Crippen LogP contribution in [-0.4, -0.2) is 53.8 Å². The summed E-state index contributed by atoms with van der Waals surface area (Å²) in [4.78, 5) is 21.4. The second-order valence-electron chi connectivity index (χ2n) is 9.18. The average Bonchev–Trinajstić information content (AvgIpc) is 3.19. The van der Waals surface area contributed by atoms with Gasteiger partial charge in [-0.1, -0.05) is 43.5 Å². The summed E-state index contributed by atoms with van der Waals surface area (Å²) in [5.41, 5.74) is 4.27. The normalized spacial score (nSPS) is 18.0. The van der Waals surface area contributed by atoms with E-state index in [-0.39, 0.29) is 5.91 Å². The van der Waals surface area contributed by atoms with Gasteiger partial charge in [0.15, 0.2) is 11.0 Å². The molecule has 2 N–H and O–H groups in total. The lowest BCUT2D eigenvalue weighted by atomic mass is 9.94. The molecule has 0 spiro atoms. The maximum atomic E-state index is 12.8. The predicted molar refractivity (Wildman–Crippen MR) is 136 cm³/mol. The Balaban J connectivity index is 1.19. The van der Waals surface area contributed by atoms with Crippen molar-refractivity contribution in [3.8, 4) is 0 Å². The number of aromatic amines is 1. The zero-order valence-corrected chi connectivity index (χ0v) is 20.2. The minimum atomic E-state index is 0.0203. The van der Waals surface area contributed by atoms with Crippen LogP contribution in [0.4, 0.5) is 11.4 Å². The largest absolute Gasteiger partial charge is 0.367 e. The van der Waals surface area contributed by atoms with Gasteiger partial charge in [-0.15, -0.1) is 0 Å². The lowest BCUT2D eigenvalue weighted by molar-refractivity contribution is -0.683. The zero-order valence-electron chi connectivity index (χ0n) is 19.4. The molecule has 0 atom stereocenters. The van der Waals surface area contributed by atoms with Gasteiger partial charge < -0.3 is 10.2 Å². The number of nitrogens with one attached hydrogen (secondary N) is 2. The van der Waals surface area contributed by atoms with E-state index < -0.39 is 0 Å². The Labute approximate surface area is 200 Å². The van der Waals surface area contributed by atoms with Gasteiger partial charge in [0.05, 0.1) is 24.2 Å². The molecule has 0 unspecified atom stereocenters. The van der Waals surface area contributed by atoms with Crippen molar-refractivity contribution in [2.75, 3.05) is 42.1 Å². The SMILES string of the molecule is C[n+]1c(SCC(=O)Nc2ccccc2N2CCN(C3CCCCC3)CC2)[nH]c2ccccc21. The van der Waals surface area contributed by atoms with E-state index in [1.165, 1.54) is 43.9 Å². The van der Waals surface area contributed by atoms with Gasteiger partial charge in [-0.2, -0.15) is 0 Å². The highest BCUT2D eigenvalue weighted by Gasteiger charge is 2.26. The highest BCUT2D eigenvalue weighted by Crippen LogP contribution is 2.29. The van der Waals surface area contributed by atoms with Gasteiger partial charge in [-0.05, 0) is 48.9 Å². The number of fused-ring (bicyclic) bond motifs is 1. The van der Waals surface area contributed by atoms with Crippen molar-refractivity contribution in [2.24, 2.45) is 7.05 Å². The van der Waals surface area contributed by atoms with Crippen LogP contribution in [0.1, 0.15) is 32.1 Å². The van der Waals surface area contributed by atoms with Crippen LogP contribution >= 0.6 is 11.8 Å². The fourth-order valence-corrected chi connectivity index (χ4v) is 6.08. The van der Waals surface area contributed by atoms with E-state index in [9.17, 15) is 4.79 Å². The molecular formula is C26H34N5OS+. The number of carbonyl (C=O) groups is 1. The summed E-state index contributed by atoms with van der Waals surface area (Å²) in [6.07, 6.45) is 6.89. The number of anilines is 2. The molecule has 1 saturated carbocycles. The quantitative estimate of drug-likeness (QED) is 0.425. The highest BCUT2D eigenvalue weighted by atomic mass is 32.2. The van der Waals surface area contributed by atoms with E-state index in [0.29, 0.717) is 5.75 Å². The molecule has 1 aliphatic heterocycles. The van der Waals surface area contributed by atoms with Gasteiger partial charge >= 0.3 is 5.16 Å². The smallest absolute Gasteiger partial charge is 0.317 e. The fraction of sp³-hybridized carbons (Fsp3) is 0.462. The number of benzene rings is 2. The van der Waals surface area contributed by atoms with Crippen LogP contribution in [0.15, 0.2) is 53.7 Å². The van der Waals surface area contributed by atoms with Crippen molar-refractivity contribution in [3.05, 3.63) is 48.5 Å². The number of imidazole rings is 1. The lowest BCUT2D eigenvalue weighted by Gasteiger charge is -2.42. The summed E-state index contributed by atoms with van der Waals surface area (Å²) >= 11 is 1.53. The number of amides is 1. The molecule has 174 valence electrons. The van der Waals surface area contributed by atoms with Crippen LogP contribution in [0.2, 0.25) is 0 Å².